The Morgan fingerprint density at radius 3 is 1.54 bits per heavy atom. The molecule has 0 radical (unpaired) electrons. The number of carbonyl (C=O) groups excluding carboxylic acids is 14. The minimum absolute atomic E-state index is 0.0209. The Morgan fingerprint density at radius 2 is 1.00 bits per heavy atom. The second kappa shape index (κ2) is 45.9. The van der Waals surface area contributed by atoms with Crippen molar-refractivity contribution in [3.63, 3.8) is 0 Å². The molecule has 118 heavy (non-hydrogen) atoms. The summed E-state index contributed by atoms with van der Waals surface area (Å²) in [5.41, 5.74) is 27.2. The Kier molecular flexibility index (Phi) is 36.1. The molecular formula is C81H114N20O17. The van der Waals surface area contributed by atoms with Gasteiger partial charge in [0.15, 0.2) is 0 Å². The van der Waals surface area contributed by atoms with Crippen LogP contribution in [0.25, 0.3) is 21.8 Å². The average molecular weight is 1640 g/mol. The van der Waals surface area contributed by atoms with E-state index < -0.39 is 187 Å². The first-order chi connectivity index (χ1) is 56.2. The van der Waals surface area contributed by atoms with Gasteiger partial charge in [0.05, 0.1) is 24.6 Å². The Bertz CT molecular complexity index is 4450. The molecule has 0 aliphatic carbocycles. The molecule has 0 saturated carbocycles. The number of nitrogens with two attached hydrogens (primary N) is 4. The number of amides is 14. The van der Waals surface area contributed by atoms with Crippen molar-refractivity contribution in [2.45, 2.75) is 230 Å². The number of imidazole rings is 1. The lowest BCUT2D eigenvalue weighted by molar-refractivity contribution is -0.143. The number of carbonyl (C=O) groups is 15. The Hall–Kier alpha value is -12.3. The van der Waals surface area contributed by atoms with Crippen LogP contribution in [-0.4, -0.2) is 216 Å². The van der Waals surface area contributed by atoms with Crippen molar-refractivity contribution in [3.05, 3.63) is 120 Å². The molecular weight excluding hydrogens is 1530 g/mol. The van der Waals surface area contributed by atoms with Crippen molar-refractivity contribution in [2.75, 3.05) is 19.6 Å². The first-order valence-corrected chi connectivity index (χ1v) is 39.9. The fraction of sp³-hybridized carbons (Fsp3) is 0.506. The minimum atomic E-state index is -1.59. The third kappa shape index (κ3) is 28.9. The maximum absolute atomic E-state index is 15.0. The molecule has 7 rings (SSSR count). The summed E-state index contributed by atoms with van der Waals surface area (Å²) in [7, 11) is 0. The smallest absolute Gasteiger partial charge is 0.326 e. The first kappa shape index (κ1) is 92.9. The minimum Gasteiger partial charge on any atom is -0.508 e. The fourth-order valence-electron chi connectivity index (χ4n) is 13.8. The number of hydrogen-bond acceptors (Lipinski definition) is 19. The SMILES string of the molecule is CCCC[C@H](NC(=O)[C@@H]1CCCN1C(=O)[C@H](CCC(N)=O)NC(=O)CNC(=O)[C@H](C)NC(=O)[C@H](CCCCN)NC(=O)[C@H](CC(C)C)NC(=O)[C@H](CCC(N)=O)NC(=O)[C@H](CC(C)C)NC(=O)[C@H](Cc1c[nH]c2ccccc12)NC(=O)[C@H](Cc1c[nH]cn1)NC(=O)[C@@H](N)Cc1c[nH]c2ccccc12)C(=O)N[C@@H](Cc1ccc(O)cc1)C(=O)O. The molecule has 14 amide bonds. The molecule has 0 bridgehead atoms. The number of likely N-dealkylation sites (tertiary alicyclic amines) is 1. The maximum Gasteiger partial charge on any atom is 0.326 e. The fourth-order valence-corrected chi connectivity index (χ4v) is 13.8. The number of carboxylic acids is 1. The molecule has 37 heteroatoms. The molecule has 640 valence electrons. The summed E-state index contributed by atoms with van der Waals surface area (Å²) < 4.78 is 0. The highest BCUT2D eigenvalue weighted by Gasteiger charge is 2.41. The zero-order valence-electron chi connectivity index (χ0n) is 67.4. The van der Waals surface area contributed by atoms with Gasteiger partial charge in [-0.1, -0.05) is 96.0 Å². The van der Waals surface area contributed by atoms with Gasteiger partial charge in [-0.15, -0.1) is 0 Å². The van der Waals surface area contributed by atoms with Gasteiger partial charge in [-0.05, 0) is 137 Å². The van der Waals surface area contributed by atoms with Gasteiger partial charge in [0, 0.05) is 79.0 Å². The third-order valence-electron chi connectivity index (χ3n) is 20.2. The van der Waals surface area contributed by atoms with E-state index in [1.54, 1.807) is 52.4 Å². The standard InChI is InChI=1S/C81H114N20O17/c1-7-8-18-57(73(109)100-65(81(117)118)35-47-23-25-51(102)26-24-47)95-79(115)66-22-15-32-101(66)80(116)60(28-30-68(85)104)92-69(105)42-89-70(106)46(6)91-72(108)58(21-13-14-31-82)93-75(111)61(33-44(2)3)97-74(110)59(27-29-67(84)103)94-76(112)62(34-45(4)5)98-77(113)63(37-49-40-88-56-20-12-10-17-53(49)56)99-78(114)64(38-50-41-86-43-90-50)96-71(107)54(83)36-48-39-87-55-19-11-9-16-52(48)55/h9-12,16-17,19-20,23-26,39-41,43-46,54,57-66,87-88,102H,7-8,13-15,18,21-22,27-38,42,82-83H2,1-6H3,(H2,84,103)(H2,85,104)(H,86,90)(H,89,106)(H,91,108)(H,92,105)(H,93,111)(H,94,112)(H,95,115)(H,96,107)(H,97,110)(H,98,113)(H,99,114)(H,100,109)(H,117,118)/t46-,54-,57-,58-,59-,60-,61-,62-,63-,64-,65-,66-/m0/s1. The van der Waals surface area contributed by atoms with E-state index >= 15 is 4.79 Å². The van der Waals surface area contributed by atoms with Crippen LogP contribution in [0.2, 0.25) is 0 Å². The molecule has 1 fully saturated rings. The number of aromatic amines is 3. The van der Waals surface area contributed by atoms with Crippen LogP contribution in [-0.2, 0) is 97.6 Å². The largest absolute Gasteiger partial charge is 0.508 e. The van der Waals surface area contributed by atoms with Crippen molar-refractivity contribution in [3.8, 4) is 5.75 Å². The summed E-state index contributed by atoms with van der Waals surface area (Å²) in [5.74, 6) is -13.7. The third-order valence-corrected chi connectivity index (χ3v) is 20.2. The molecule has 0 unspecified atom stereocenters. The highest BCUT2D eigenvalue weighted by atomic mass is 16.4. The van der Waals surface area contributed by atoms with E-state index in [9.17, 15) is 77.3 Å². The number of H-pyrrole nitrogens is 3. The summed E-state index contributed by atoms with van der Waals surface area (Å²) in [5, 5.41) is 50.3. The van der Waals surface area contributed by atoms with E-state index in [0.29, 0.717) is 42.5 Å². The number of carboxylic acid groups (broad SMARTS) is 1. The number of aromatic hydroxyl groups is 1. The predicted molar refractivity (Wildman–Crippen MR) is 435 cm³/mol. The highest BCUT2D eigenvalue weighted by molar-refractivity contribution is 6.00. The normalized spacial score (nSPS) is 15.4. The van der Waals surface area contributed by atoms with E-state index in [4.69, 9.17) is 22.9 Å². The lowest BCUT2D eigenvalue weighted by atomic mass is 9.99. The second-order valence-electron chi connectivity index (χ2n) is 30.7. The number of rotatable bonds is 49. The lowest BCUT2D eigenvalue weighted by Crippen LogP contribution is -2.61. The molecule has 1 aliphatic rings. The summed E-state index contributed by atoms with van der Waals surface area (Å²) in [6.07, 6.45) is 6.67. The van der Waals surface area contributed by atoms with Crippen LogP contribution in [0, 0.1) is 11.8 Å². The number of aliphatic carboxylic acids is 1. The van der Waals surface area contributed by atoms with Crippen LogP contribution in [0.1, 0.15) is 154 Å². The summed E-state index contributed by atoms with van der Waals surface area (Å²) in [4.78, 5) is 223. The molecule has 3 aromatic carbocycles. The highest BCUT2D eigenvalue weighted by Crippen LogP contribution is 2.24. The first-order valence-electron chi connectivity index (χ1n) is 39.9. The number of fused-ring (bicyclic) bond motifs is 2. The predicted octanol–water partition coefficient (Wildman–Crippen LogP) is -0.322. The van der Waals surface area contributed by atoms with Gasteiger partial charge >= 0.3 is 5.97 Å². The molecule has 0 spiro atoms. The summed E-state index contributed by atoms with van der Waals surface area (Å²) in [6, 6.07) is 4.13. The van der Waals surface area contributed by atoms with Crippen molar-refractivity contribution in [2.24, 2.45) is 34.8 Å². The van der Waals surface area contributed by atoms with Crippen molar-refractivity contribution in [1.82, 2.24) is 83.3 Å². The monoisotopic (exact) mass is 1640 g/mol. The van der Waals surface area contributed by atoms with Gasteiger partial charge in [-0.2, -0.15) is 0 Å². The van der Waals surface area contributed by atoms with Crippen LogP contribution in [0.4, 0.5) is 0 Å². The van der Waals surface area contributed by atoms with E-state index in [2.05, 4.69) is 78.4 Å². The molecule has 1 aliphatic heterocycles. The number of nitrogens with zero attached hydrogens (tertiary/aromatic N) is 2. The van der Waals surface area contributed by atoms with E-state index in [1.165, 1.54) is 42.4 Å². The second-order valence-corrected chi connectivity index (χ2v) is 30.7. The van der Waals surface area contributed by atoms with Crippen molar-refractivity contribution >= 4 is 110 Å². The van der Waals surface area contributed by atoms with Crippen LogP contribution in [0.15, 0.2) is 97.7 Å². The number of aromatic nitrogens is 4. The molecule has 1 saturated heterocycles. The van der Waals surface area contributed by atoms with Gasteiger partial charge in [-0.3, -0.25) is 67.1 Å². The number of para-hydroxylation sites is 2. The summed E-state index contributed by atoms with van der Waals surface area (Å²) in [6.45, 7) is 9.63. The number of benzene rings is 3. The van der Waals surface area contributed by atoms with Crippen LogP contribution in [0.5, 0.6) is 5.75 Å². The molecule has 6 aromatic rings. The quantitative estimate of drug-likeness (QED) is 0.0218. The zero-order valence-corrected chi connectivity index (χ0v) is 67.4. The Morgan fingerprint density at radius 1 is 0.517 bits per heavy atom. The average Bonchev–Trinajstić information content (AvgIpc) is 1.24. The lowest BCUT2D eigenvalue weighted by Gasteiger charge is -2.30. The summed E-state index contributed by atoms with van der Waals surface area (Å²) >= 11 is 0. The van der Waals surface area contributed by atoms with E-state index in [-0.39, 0.29) is 101 Å². The van der Waals surface area contributed by atoms with E-state index in [1.807, 2.05) is 49.4 Å². The van der Waals surface area contributed by atoms with Crippen molar-refractivity contribution < 1.29 is 82.1 Å². The van der Waals surface area contributed by atoms with Gasteiger partial charge in [0.2, 0.25) is 82.7 Å². The van der Waals surface area contributed by atoms with Gasteiger partial charge in [0.1, 0.15) is 72.2 Å². The number of primary amides is 2. The van der Waals surface area contributed by atoms with Crippen molar-refractivity contribution in [1.29, 1.82) is 0 Å². The number of phenols is 1. The number of nitrogens with one attached hydrogen (secondary N) is 14. The van der Waals surface area contributed by atoms with Crippen LogP contribution < -0.4 is 81.4 Å². The molecule has 24 N–H and O–H groups in total. The van der Waals surface area contributed by atoms with E-state index in [0.717, 1.165) is 27.4 Å². The maximum atomic E-state index is 15.0. The van der Waals surface area contributed by atoms with Crippen LogP contribution in [0.3, 0.4) is 0 Å². The number of unbranched alkanes of at least 4 members (excludes halogenated alkanes) is 2. The molecule has 12 atom stereocenters. The topological polar surface area (TPSA) is 596 Å². The molecule has 3 aromatic heterocycles. The Balaban J connectivity index is 1.00. The number of phenolic OH excluding ortho intramolecular Hbond substituents is 1. The van der Waals surface area contributed by atoms with Gasteiger partial charge < -0.3 is 111 Å². The number of hydrogen-bond donors (Lipinski definition) is 20. The molecule has 37 nitrogen and oxygen atoms in total. The van der Waals surface area contributed by atoms with Crippen LogP contribution >= 0.6 is 0 Å². The van der Waals surface area contributed by atoms with Gasteiger partial charge in [-0.25, -0.2) is 9.78 Å². The zero-order chi connectivity index (χ0) is 86.3. The molecule has 4 heterocycles. The van der Waals surface area contributed by atoms with Gasteiger partial charge in [0.25, 0.3) is 0 Å². The Labute approximate surface area is 682 Å².